The highest BCUT2D eigenvalue weighted by atomic mass is 19.1. The van der Waals surface area contributed by atoms with Crippen LogP contribution in [-0.4, -0.2) is 30.1 Å². The molecule has 2 amide bonds. The number of carbonyl (C=O) groups is 2. The maximum atomic E-state index is 13.4. The second kappa shape index (κ2) is 9.15. The van der Waals surface area contributed by atoms with Gasteiger partial charge in [0, 0.05) is 13.2 Å². The maximum absolute atomic E-state index is 13.4. The van der Waals surface area contributed by atoms with Crippen molar-refractivity contribution in [1.29, 1.82) is 0 Å². The lowest BCUT2D eigenvalue weighted by molar-refractivity contribution is -0.136. The van der Waals surface area contributed by atoms with Crippen molar-refractivity contribution in [3.05, 3.63) is 30.1 Å². The lowest BCUT2D eigenvalue weighted by atomic mass is 9.94. The lowest BCUT2D eigenvalue weighted by Crippen LogP contribution is -2.38. The van der Waals surface area contributed by atoms with Gasteiger partial charge in [0.2, 0.25) is 0 Å². The first kappa shape index (κ1) is 18.1. The van der Waals surface area contributed by atoms with Gasteiger partial charge in [-0.2, -0.15) is 0 Å². The molecule has 0 aliphatic heterocycles. The number of hydrogen-bond acceptors (Lipinski definition) is 3. The fourth-order valence-corrected chi connectivity index (χ4v) is 2.21. The molecule has 1 rings (SSSR count). The van der Waals surface area contributed by atoms with Crippen LogP contribution in [0, 0.1) is 17.7 Å². The van der Waals surface area contributed by atoms with Gasteiger partial charge in [-0.1, -0.05) is 26.0 Å². The fourth-order valence-electron chi connectivity index (χ4n) is 2.21. The molecule has 6 heteroatoms. The van der Waals surface area contributed by atoms with Crippen molar-refractivity contribution in [2.24, 2.45) is 11.8 Å². The Labute approximate surface area is 129 Å². The second-order valence-corrected chi connectivity index (χ2v) is 5.65. The number of hydrogen-bond donors (Lipinski definition) is 3. The predicted molar refractivity (Wildman–Crippen MR) is 82.7 cm³/mol. The van der Waals surface area contributed by atoms with Gasteiger partial charge in [-0.3, -0.25) is 9.59 Å². The molecule has 5 nitrogen and oxygen atoms in total. The highest BCUT2D eigenvalue weighted by molar-refractivity contribution is 6.39. The number of amides is 2. The van der Waals surface area contributed by atoms with Crippen LogP contribution >= 0.6 is 0 Å². The number of aliphatic hydroxyl groups is 1. The van der Waals surface area contributed by atoms with Crippen LogP contribution in [0.3, 0.4) is 0 Å². The molecule has 0 bridgehead atoms. The van der Waals surface area contributed by atoms with E-state index in [0.717, 1.165) is 6.42 Å². The van der Waals surface area contributed by atoms with Crippen LogP contribution in [-0.2, 0) is 9.59 Å². The van der Waals surface area contributed by atoms with E-state index in [1.165, 1.54) is 18.2 Å². The van der Waals surface area contributed by atoms with Crippen molar-refractivity contribution in [3.8, 4) is 0 Å². The van der Waals surface area contributed by atoms with E-state index in [2.05, 4.69) is 24.5 Å². The van der Waals surface area contributed by atoms with Gasteiger partial charge in [-0.15, -0.1) is 0 Å². The highest BCUT2D eigenvalue weighted by Crippen LogP contribution is 2.14. The number of halogens is 1. The van der Waals surface area contributed by atoms with E-state index in [0.29, 0.717) is 18.9 Å². The van der Waals surface area contributed by atoms with E-state index in [1.54, 1.807) is 6.07 Å². The lowest BCUT2D eigenvalue weighted by Gasteiger charge is -2.18. The Balaban J connectivity index is 2.50. The number of nitrogens with one attached hydrogen (secondary N) is 2. The summed E-state index contributed by atoms with van der Waals surface area (Å²) in [6.45, 7) is 4.45. The number of rotatable bonds is 7. The minimum atomic E-state index is -0.905. The zero-order valence-electron chi connectivity index (χ0n) is 12.9. The molecule has 1 aromatic carbocycles. The molecule has 0 heterocycles. The number of para-hydroxylation sites is 1. The molecular formula is C16H23FN2O3. The molecule has 1 unspecified atom stereocenters. The van der Waals surface area contributed by atoms with Gasteiger partial charge in [0.25, 0.3) is 0 Å². The molecule has 1 atom stereocenters. The van der Waals surface area contributed by atoms with Gasteiger partial charge in [0.05, 0.1) is 5.69 Å². The minimum Gasteiger partial charge on any atom is -0.396 e. The van der Waals surface area contributed by atoms with Gasteiger partial charge in [0.1, 0.15) is 5.82 Å². The average molecular weight is 310 g/mol. The minimum absolute atomic E-state index is 0.0308. The highest BCUT2D eigenvalue weighted by Gasteiger charge is 2.17. The quantitative estimate of drug-likeness (QED) is 0.673. The third-order valence-electron chi connectivity index (χ3n) is 3.22. The molecule has 22 heavy (non-hydrogen) atoms. The molecule has 0 radical (unpaired) electrons. The van der Waals surface area contributed by atoms with Crippen LogP contribution in [0.5, 0.6) is 0 Å². The van der Waals surface area contributed by atoms with Crippen molar-refractivity contribution in [2.75, 3.05) is 18.5 Å². The maximum Gasteiger partial charge on any atom is 0.313 e. The molecule has 1 aromatic rings. The van der Waals surface area contributed by atoms with Crippen molar-refractivity contribution < 1.29 is 19.1 Å². The molecular weight excluding hydrogens is 287 g/mol. The molecule has 0 aliphatic rings. The Morgan fingerprint density at radius 1 is 1.23 bits per heavy atom. The van der Waals surface area contributed by atoms with Crippen LogP contribution in [0.2, 0.25) is 0 Å². The summed E-state index contributed by atoms with van der Waals surface area (Å²) in [6.07, 6.45) is 1.41. The van der Waals surface area contributed by atoms with Gasteiger partial charge >= 0.3 is 11.8 Å². The third kappa shape index (κ3) is 6.22. The SMILES string of the molecule is CC(C)CC(CCO)CNC(=O)C(=O)Nc1ccccc1F. The Morgan fingerprint density at radius 3 is 2.50 bits per heavy atom. The third-order valence-corrected chi connectivity index (χ3v) is 3.22. The van der Waals surface area contributed by atoms with Crippen molar-refractivity contribution in [1.82, 2.24) is 5.32 Å². The zero-order chi connectivity index (χ0) is 16.5. The standard InChI is InChI=1S/C16H23FN2O3/c1-11(2)9-12(7-8-20)10-18-15(21)16(22)19-14-6-4-3-5-13(14)17/h3-6,11-12,20H,7-10H2,1-2H3,(H,18,21)(H,19,22). The summed E-state index contributed by atoms with van der Waals surface area (Å²) in [5, 5.41) is 13.8. The van der Waals surface area contributed by atoms with Gasteiger partial charge in [-0.05, 0) is 36.8 Å². The smallest absolute Gasteiger partial charge is 0.313 e. The van der Waals surface area contributed by atoms with Crippen molar-refractivity contribution >= 4 is 17.5 Å². The molecule has 0 saturated carbocycles. The van der Waals surface area contributed by atoms with Crippen LogP contribution in [0.15, 0.2) is 24.3 Å². The summed E-state index contributed by atoms with van der Waals surface area (Å²) in [4.78, 5) is 23.5. The summed E-state index contributed by atoms with van der Waals surface area (Å²) in [5.74, 6) is -1.77. The summed E-state index contributed by atoms with van der Waals surface area (Å²) in [7, 11) is 0. The second-order valence-electron chi connectivity index (χ2n) is 5.65. The normalized spacial score (nSPS) is 12.0. The first-order valence-corrected chi connectivity index (χ1v) is 7.38. The average Bonchev–Trinajstić information content (AvgIpc) is 2.46. The van der Waals surface area contributed by atoms with Gasteiger partial charge in [0.15, 0.2) is 0 Å². The van der Waals surface area contributed by atoms with Crippen molar-refractivity contribution in [2.45, 2.75) is 26.7 Å². The Morgan fingerprint density at radius 2 is 1.91 bits per heavy atom. The molecule has 0 aliphatic carbocycles. The monoisotopic (exact) mass is 310 g/mol. The Bertz CT molecular complexity index is 506. The first-order chi connectivity index (χ1) is 10.4. The molecule has 0 saturated heterocycles. The van der Waals surface area contributed by atoms with Crippen LogP contribution < -0.4 is 10.6 Å². The van der Waals surface area contributed by atoms with Gasteiger partial charge in [-0.25, -0.2) is 4.39 Å². The molecule has 0 aromatic heterocycles. The van der Waals surface area contributed by atoms with E-state index in [1.807, 2.05) is 0 Å². The summed E-state index contributed by atoms with van der Waals surface area (Å²) in [5.41, 5.74) is -0.0308. The van der Waals surface area contributed by atoms with Gasteiger partial charge < -0.3 is 15.7 Å². The Hall–Kier alpha value is -1.95. The van der Waals surface area contributed by atoms with E-state index in [-0.39, 0.29) is 18.2 Å². The van der Waals surface area contributed by atoms with E-state index in [4.69, 9.17) is 5.11 Å². The molecule has 122 valence electrons. The summed E-state index contributed by atoms with van der Waals surface area (Å²) < 4.78 is 13.4. The topological polar surface area (TPSA) is 78.4 Å². The zero-order valence-corrected chi connectivity index (χ0v) is 12.9. The number of anilines is 1. The summed E-state index contributed by atoms with van der Waals surface area (Å²) in [6, 6.07) is 5.65. The molecule has 0 fully saturated rings. The summed E-state index contributed by atoms with van der Waals surface area (Å²) >= 11 is 0. The number of aliphatic hydroxyl groups excluding tert-OH is 1. The van der Waals surface area contributed by atoms with E-state index < -0.39 is 17.6 Å². The van der Waals surface area contributed by atoms with E-state index in [9.17, 15) is 14.0 Å². The Kier molecular flexibility index (Phi) is 7.52. The fraction of sp³-hybridized carbons (Fsp3) is 0.500. The largest absolute Gasteiger partial charge is 0.396 e. The first-order valence-electron chi connectivity index (χ1n) is 7.38. The van der Waals surface area contributed by atoms with Crippen molar-refractivity contribution in [3.63, 3.8) is 0 Å². The molecule has 3 N–H and O–H groups in total. The predicted octanol–water partition coefficient (Wildman–Crippen LogP) is 1.93. The van der Waals surface area contributed by atoms with Crippen LogP contribution in [0.4, 0.5) is 10.1 Å². The van der Waals surface area contributed by atoms with Crippen LogP contribution in [0.1, 0.15) is 26.7 Å². The van der Waals surface area contributed by atoms with Crippen LogP contribution in [0.25, 0.3) is 0 Å². The number of carbonyl (C=O) groups excluding carboxylic acids is 2. The van der Waals surface area contributed by atoms with E-state index >= 15 is 0 Å². The molecule has 0 spiro atoms. The number of benzene rings is 1.